The number of aromatic nitrogens is 2. The molecule has 0 bridgehead atoms. The summed E-state index contributed by atoms with van der Waals surface area (Å²) in [6.45, 7) is 0. The van der Waals surface area contributed by atoms with E-state index >= 15 is 0 Å². The van der Waals surface area contributed by atoms with Gasteiger partial charge in [-0.25, -0.2) is 4.98 Å². The summed E-state index contributed by atoms with van der Waals surface area (Å²) in [5, 5.41) is 5.96. The van der Waals surface area contributed by atoms with Gasteiger partial charge in [-0.15, -0.1) is 0 Å². The monoisotopic (exact) mass is 197 g/mol. The van der Waals surface area contributed by atoms with E-state index in [2.05, 4.69) is 20.3 Å². The first-order valence-electron chi connectivity index (χ1n) is 3.79. The Labute approximate surface area is 80.5 Å². The molecule has 0 saturated heterocycles. The fourth-order valence-corrected chi connectivity index (χ4v) is 1.04. The number of hydrogen-bond acceptors (Lipinski definition) is 4. The van der Waals surface area contributed by atoms with Crippen molar-refractivity contribution in [1.29, 1.82) is 0 Å². The van der Waals surface area contributed by atoms with Crippen LogP contribution < -0.4 is 11.1 Å². The van der Waals surface area contributed by atoms with Gasteiger partial charge in [0.05, 0.1) is 6.33 Å². The van der Waals surface area contributed by atoms with Gasteiger partial charge >= 0.3 is 0 Å². The number of nitrogens with zero attached hydrogens (tertiary/aromatic N) is 3. The number of nitrogens with two attached hydrogens (primary N) is 1. The Morgan fingerprint density at radius 2 is 2.57 bits per heavy atom. The number of aryl methyl sites for hydroxylation is 1. The molecule has 3 N–H and O–H groups in total. The lowest BCUT2D eigenvalue weighted by atomic mass is 10.4. The van der Waals surface area contributed by atoms with E-state index in [0.717, 1.165) is 0 Å². The van der Waals surface area contributed by atoms with Gasteiger partial charge in [-0.05, 0) is 0 Å². The molecule has 0 atom stereocenters. The molecule has 1 aromatic heterocycles. The molecule has 0 radical (unpaired) electrons. The van der Waals surface area contributed by atoms with Crippen LogP contribution in [-0.4, -0.2) is 28.9 Å². The third-order valence-electron chi connectivity index (χ3n) is 1.56. The summed E-state index contributed by atoms with van der Waals surface area (Å²) in [6, 6.07) is 0. The van der Waals surface area contributed by atoms with Crippen molar-refractivity contribution in [2.24, 2.45) is 17.9 Å². The highest BCUT2D eigenvalue weighted by Gasteiger charge is 2.12. The molecule has 0 aliphatic carbocycles. The maximum absolute atomic E-state index is 10.2. The summed E-state index contributed by atoms with van der Waals surface area (Å²) < 4.78 is 1.63. The number of carbonyl (C=O) groups excluding carboxylic acids is 1. The smallest absolute Gasteiger partial charge is 0.212 e. The number of anilines is 1. The number of rotatable bonds is 4. The fraction of sp³-hybridized carbons (Fsp3) is 0.286. The van der Waals surface area contributed by atoms with Crippen LogP contribution in [0.15, 0.2) is 11.5 Å². The number of imidazole rings is 1. The van der Waals surface area contributed by atoms with Crippen LogP contribution in [0.2, 0.25) is 0 Å². The molecule has 0 spiro atoms. The maximum atomic E-state index is 10.2. The van der Waals surface area contributed by atoms with Gasteiger partial charge in [0, 0.05) is 7.05 Å². The lowest BCUT2D eigenvalue weighted by Crippen LogP contribution is -2.19. The second-order valence-electron chi connectivity index (χ2n) is 2.47. The molecule has 14 heavy (non-hydrogen) atoms. The van der Waals surface area contributed by atoms with Crippen molar-refractivity contribution in [2.75, 3.05) is 12.4 Å². The van der Waals surface area contributed by atoms with Crippen LogP contribution >= 0.6 is 0 Å². The minimum absolute atomic E-state index is 0.150. The molecule has 7 heteroatoms. The van der Waals surface area contributed by atoms with Crippen molar-refractivity contribution in [1.82, 2.24) is 9.55 Å². The van der Waals surface area contributed by atoms with E-state index in [-0.39, 0.29) is 5.84 Å². The lowest BCUT2D eigenvalue weighted by Gasteiger charge is -2.02. The zero-order chi connectivity index (χ0) is 10.6. The van der Waals surface area contributed by atoms with Crippen LogP contribution in [-0.2, 0) is 16.7 Å². The predicted octanol–water partition coefficient (Wildman–Crippen LogP) is -0.745. The van der Waals surface area contributed by atoms with Gasteiger partial charge in [-0.1, -0.05) is 5.16 Å². The highest BCUT2D eigenvalue weighted by Crippen LogP contribution is 2.10. The standard InChI is InChI=1S/C7H11N5O2/c1-12-3-9-7(10-4-13)5(12)6(8)11-14-2/h3-4H,1-2H3,(H2,8,11)(H,10,13). The van der Waals surface area contributed by atoms with Gasteiger partial charge in [0.1, 0.15) is 12.8 Å². The Kier molecular flexibility index (Phi) is 3.05. The molecule has 0 aromatic carbocycles. The SMILES string of the molecule is CO/N=C(\N)c1c(NC=O)ncn1C. The minimum Gasteiger partial charge on any atom is -0.397 e. The number of amides is 1. The maximum Gasteiger partial charge on any atom is 0.212 e. The number of oxime groups is 1. The Bertz CT molecular complexity index is 357. The van der Waals surface area contributed by atoms with Crippen molar-refractivity contribution in [3.8, 4) is 0 Å². The van der Waals surface area contributed by atoms with Crippen LogP contribution in [0.4, 0.5) is 5.82 Å². The average Bonchev–Trinajstić information content (AvgIpc) is 2.48. The zero-order valence-electron chi connectivity index (χ0n) is 7.89. The normalized spacial score (nSPS) is 11.1. The average molecular weight is 197 g/mol. The van der Waals surface area contributed by atoms with Gasteiger partial charge in [-0.2, -0.15) is 0 Å². The molecular formula is C7H11N5O2. The molecule has 1 amide bonds. The van der Waals surface area contributed by atoms with E-state index in [0.29, 0.717) is 17.9 Å². The van der Waals surface area contributed by atoms with Gasteiger partial charge < -0.3 is 20.5 Å². The van der Waals surface area contributed by atoms with E-state index in [1.54, 1.807) is 11.6 Å². The fourth-order valence-electron chi connectivity index (χ4n) is 1.04. The molecule has 0 aliphatic heterocycles. The summed E-state index contributed by atoms with van der Waals surface area (Å²) in [5.41, 5.74) is 6.09. The highest BCUT2D eigenvalue weighted by atomic mass is 16.6. The highest BCUT2D eigenvalue weighted by molar-refractivity contribution is 6.01. The van der Waals surface area contributed by atoms with Crippen LogP contribution in [0.25, 0.3) is 0 Å². The van der Waals surface area contributed by atoms with Crippen molar-refractivity contribution in [3.05, 3.63) is 12.0 Å². The first kappa shape index (κ1) is 10.0. The third-order valence-corrected chi connectivity index (χ3v) is 1.56. The Balaban J connectivity index is 3.10. The quantitative estimate of drug-likeness (QED) is 0.287. The molecule has 76 valence electrons. The van der Waals surface area contributed by atoms with E-state index in [4.69, 9.17) is 5.73 Å². The van der Waals surface area contributed by atoms with E-state index in [1.807, 2.05) is 0 Å². The molecule has 1 rings (SSSR count). The largest absolute Gasteiger partial charge is 0.397 e. The van der Waals surface area contributed by atoms with Crippen molar-refractivity contribution in [2.45, 2.75) is 0 Å². The van der Waals surface area contributed by atoms with Crippen LogP contribution in [0.1, 0.15) is 5.69 Å². The summed E-state index contributed by atoms with van der Waals surface area (Å²) in [4.78, 5) is 18.7. The summed E-state index contributed by atoms with van der Waals surface area (Å²) in [7, 11) is 3.12. The second kappa shape index (κ2) is 4.26. The van der Waals surface area contributed by atoms with Gasteiger partial charge in [0.25, 0.3) is 0 Å². The lowest BCUT2D eigenvalue weighted by molar-refractivity contribution is -0.105. The summed E-state index contributed by atoms with van der Waals surface area (Å²) in [6.07, 6.45) is 2.03. The molecule has 0 fully saturated rings. The summed E-state index contributed by atoms with van der Waals surface area (Å²) in [5.74, 6) is 0.498. The van der Waals surface area contributed by atoms with Crippen LogP contribution in [0.3, 0.4) is 0 Å². The first-order valence-corrected chi connectivity index (χ1v) is 3.79. The molecule has 0 aliphatic rings. The predicted molar refractivity (Wildman–Crippen MR) is 50.6 cm³/mol. The van der Waals surface area contributed by atoms with Crippen molar-refractivity contribution >= 4 is 18.1 Å². The minimum atomic E-state index is 0.150. The van der Waals surface area contributed by atoms with Gasteiger partial charge in [0.15, 0.2) is 11.7 Å². The van der Waals surface area contributed by atoms with E-state index in [1.165, 1.54) is 13.4 Å². The number of amidine groups is 1. The zero-order valence-corrected chi connectivity index (χ0v) is 7.89. The topological polar surface area (TPSA) is 94.5 Å². The van der Waals surface area contributed by atoms with Crippen molar-refractivity contribution in [3.63, 3.8) is 0 Å². The van der Waals surface area contributed by atoms with Crippen LogP contribution in [0, 0.1) is 0 Å². The molecule has 1 heterocycles. The molecule has 7 nitrogen and oxygen atoms in total. The Hall–Kier alpha value is -2.05. The molecule has 0 saturated carbocycles. The second-order valence-corrected chi connectivity index (χ2v) is 2.47. The van der Waals surface area contributed by atoms with E-state index in [9.17, 15) is 4.79 Å². The molecule has 1 aromatic rings. The Morgan fingerprint density at radius 1 is 1.86 bits per heavy atom. The van der Waals surface area contributed by atoms with Gasteiger partial charge in [0.2, 0.25) is 6.41 Å². The molecule has 0 unspecified atom stereocenters. The Morgan fingerprint density at radius 3 is 3.14 bits per heavy atom. The van der Waals surface area contributed by atoms with Gasteiger partial charge in [-0.3, -0.25) is 4.79 Å². The summed E-state index contributed by atoms with van der Waals surface area (Å²) >= 11 is 0. The number of hydrogen-bond donors (Lipinski definition) is 2. The molecular weight excluding hydrogens is 186 g/mol. The third kappa shape index (κ3) is 1.82. The van der Waals surface area contributed by atoms with Crippen molar-refractivity contribution < 1.29 is 9.63 Å². The first-order chi connectivity index (χ1) is 6.70. The van der Waals surface area contributed by atoms with Crippen LogP contribution in [0.5, 0.6) is 0 Å². The number of nitrogens with one attached hydrogen (secondary N) is 1. The van der Waals surface area contributed by atoms with E-state index < -0.39 is 0 Å². The number of carbonyl (C=O) groups is 1.